The molecule has 7 nitrogen and oxygen atoms in total. The van der Waals surface area contributed by atoms with Crippen LogP contribution in [0.4, 0.5) is 5.69 Å². The van der Waals surface area contributed by atoms with E-state index in [0.29, 0.717) is 22.6 Å². The third-order valence-electron chi connectivity index (χ3n) is 4.64. The van der Waals surface area contributed by atoms with Crippen LogP contribution in [-0.4, -0.2) is 27.2 Å². The van der Waals surface area contributed by atoms with Crippen LogP contribution in [0.25, 0.3) is 16.8 Å². The van der Waals surface area contributed by atoms with E-state index in [-0.39, 0.29) is 18.0 Å². The number of methoxy groups -OCH3 is 1. The number of rotatable bonds is 5. The molecule has 1 amide bonds. The lowest BCUT2D eigenvalue weighted by Crippen LogP contribution is -2.28. The van der Waals surface area contributed by atoms with Crippen LogP contribution in [0.3, 0.4) is 0 Å². The van der Waals surface area contributed by atoms with Gasteiger partial charge in [-0.3, -0.25) is 9.59 Å². The van der Waals surface area contributed by atoms with E-state index in [2.05, 4.69) is 10.4 Å². The number of hydrogen-bond acceptors (Lipinski definition) is 4. The van der Waals surface area contributed by atoms with Crippen LogP contribution in [-0.2, 0) is 11.3 Å². The van der Waals surface area contributed by atoms with E-state index in [1.807, 2.05) is 31.2 Å². The zero-order chi connectivity index (χ0) is 20.4. The van der Waals surface area contributed by atoms with Crippen molar-refractivity contribution in [3.8, 4) is 17.0 Å². The smallest absolute Gasteiger partial charge is 0.277 e. The largest absolute Gasteiger partial charge is 0.497 e. The Morgan fingerprint density at radius 2 is 1.79 bits per heavy atom. The highest BCUT2D eigenvalue weighted by atomic mass is 16.5. The van der Waals surface area contributed by atoms with Gasteiger partial charge in [-0.25, -0.2) is 4.52 Å². The molecular formula is C22H20N4O3. The SMILES string of the molecule is COc1ccc(NC(=O)Cn2ccn3nc(-c4ccc(C)cc4)cc3c2=O)cc1. The van der Waals surface area contributed by atoms with Gasteiger partial charge in [0, 0.05) is 23.6 Å². The van der Waals surface area contributed by atoms with Gasteiger partial charge >= 0.3 is 0 Å². The maximum absolute atomic E-state index is 12.8. The summed E-state index contributed by atoms with van der Waals surface area (Å²) in [6.45, 7) is 1.93. The Kier molecular flexibility index (Phi) is 4.87. The summed E-state index contributed by atoms with van der Waals surface area (Å²) in [6, 6.07) is 16.7. The van der Waals surface area contributed by atoms with Crippen molar-refractivity contribution >= 4 is 17.1 Å². The van der Waals surface area contributed by atoms with Crippen molar-refractivity contribution in [2.24, 2.45) is 0 Å². The number of anilines is 1. The number of aryl methyl sites for hydroxylation is 1. The molecule has 0 radical (unpaired) electrons. The molecule has 0 atom stereocenters. The highest BCUT2D eigenvalue weighted by Crippen LogP contribution is 2.19. The third kappa shape index (κ3) is 3.89. The van der Waals surface area contributed by atoms with Gasteiger partial charge in [-0.15, -0.1) is 0 Å². The van der Waals surface area contributed by atoms with Gasteiger partial charge in [0.2, 0.25) is 5.91 Å². The molecule has 0 saturated carbocycles. The fourth-order valence-electron chi connectivity index (χ4n) is 3.05. The minimum absolute atomic E-state index is 0.0909. The molecular weight excluding hydrogens is 368 g/mol. The maximum atomic E-state index is 12.8. The number of ether oxygens (including phenoxy) is 1. The van der Waals surface area contributed by atoms with E-state index in [1.165, 1.54) is 9.08 Å². The molecule has 7 heteroatoms. The molecule has 146 valence electrons. The number of carbonyl (C=O) groups excluding carboxylic acids is 1. The summed E-state index contributed by atoms with van der Waals surface area (Å²) < 4.78 is 8.01. The lowest BCUT2D eigenvalue weighted by atomic mass is 10.1. The van der Waals surface area contributed by atoms with Crippen LogP contribution >= 0.6 is 0 Å². The number of amides is 1. The molecule has 0 bridgehead atoms. The Bertz CT molecular complexity index is 1220. The summed E-state index contributed by atoms with van der Waals surface area (Å²) in [5, 5.41) is 7.25. The third-order valence-corrected chi connectivity index (χ3v) is 4.64. The molecule has 0 fully saturated rings. The molecule has 2 aromatic heterocycles. The first-order chi connectivity index (χ1) is 14.0. The van der Waals surface area contributed by atoms with Gasteiger partial charge in [-0.05, 0) is 37.3 Å². The van der Waals surface area contributed by atoms with Crippen molar-refractivity contribution in [3.05, 3.63) is 82.9 Å². The zero-order valence-corrected chi connectivity index (χ0v) is 16.1. The van der Waals surface area contributed by atoms with Crippen molar-refractivity contribution in [1.82, 2.24) is 14.2 Å². The van der Waals surface area contributed by atoms with Gasteiger partial charge in [0.25, 0.3) is 5.56 Å². The normalized spacial score (nSPS) is 10.8. The number of aromatic nitrogens is 3. The van der Waals surface area contributed by atoms with Gasteiger partial charge in [0.1, 0.15) is 17.8 Å². The molecule has 29 heavy (non-hydrogen) atoms. The number of carbonyl (C=O) groups is 1. The van der Waals surface area contributed by atoms with Crippen molar-refractivity contribution < 1.29 is 9.53 Å². The van der Waals surface area contributed by atoms with E-state index in [4.69, 9.17) is 4.74 Å². The number of hydrogen-bond donors (Lipinski definition) is 1. The first-order valence-corrected chi connectivity index (χ1v) is 9.13. The standard InChI is InChI=1S/C22H20N4O3/c1-15-3-5-16(6-4-15)19-13-20-22(28)25(11-12-26(20)24-19)14-21(27)23-17-7-9-18(29-2)10-8-17/h3-13H,14H2,1-2H3,(H,23,27). The molecule has 1 N–H and O–H groups in total. The van der Waals surface area contributed by atoms with E-state index >= 15 is 0 Å². The highest BCUT2D eigenvalue weighted by Gasteiger charge is 2.11. The molecule has 0 spiro atoms. The number of nitrogens with zero attached hydrogens (tertiary/aromatic N) is 3. The van der Waals surface area contributed by atoms with Crippen molar-refractivity contribution in [3.63, 3.8) is 0 Å². The first-order valence-electron chi connectivity index (χ1n) is 9.13. The molecule has 4 rings (SSSR count). The fraction of sp³-hybridized carbons (Fsp3) is 0.136. The van der Waals surface area contributed by atoms with E-state index < -0.39 is 0 Å². The molecule has 4 aromatic rings. The Balaban J connectivity index is 1.56. The predicted octanol–water partition coefficient (Wildman–Crippen LogP) is 3.12. The van der Waals surface area contributed by atoms with E-state index in [1.54, 1.807) is 49.8 Å². The molecule has 0 unspecified atom stereocenters. The summed E-state index contributed by atoms with van der Waals surface area (Å²) in [5.74, 6) is 0.412. The summed E-state index contributed by atoms with van der Waals surface area (Å²) in [6.07, 6.45) is 3.24. The minimum Gasteiger partial charge on any atom is -0.497 e. The van der Waals surface area contributed by atoms with Gasteiger partial charge in [-0.1, -0.05) is 29.8 Å². The van der Waals surface area contributed by atoms with Gasteiger partial charge in [0.05, 0.1) is 12.8 Å². The predicted molar refractivity (Wildman–Crippen MR) is 111 cm³/mol. The Hall–Kier alpha value is -3.87. The molecule has 2 heterocycles. The highest BCUT2D eigenvalue weighted by molar-refractivity contribution is 5.90. The molecule has 2 aromatic carbocycles. The quantitative estimate of drug-likeness (QED) is 0.570. The maximum Gasteiger partial charge on any atom is 0.277 e. The second-order valence-corrected chi connectivity index (χ2v) is 6.73. The lowest BCUT2D eigenvalue weighted by Gasteiger charge is -2.08. The van der Waals surface area contributed by atoms with Gasteiger partial charge in [0.15, 0.2) is 0 Å². The minimum atomic E-state index is -0.292. The van der Waals surface area contributed by atoms with Crippen LogP contribution in [0.5, 0.6) is 5.75 Å². The van der Waals surface area contributed by atoms with Crippen LogP contribution in [0.15, 0.2) is 71.8 Å². The van der Waals surface area contributed by atoms with Crippen molar-refractivity contribution in [2.45, 2.75) is 13.5 Å². The summed E-state index contributed by atoms with van der Waals surface area (Å²) in [4.78, 5) is 25.2. The van der Waals surface area contributed by atoms with Crippen LogP contribution < -0.4 is 15.6 Å². The molecule has 0 aliphatic heterocycles. The Morgan fingerprint density at radius 1 is 1.07 bits per heavy atom. The second-order valence-electron chi connectivity index (χ2n) is 6.73. The van der Waals surface area contributed by atoms with Crippen LogP contribution in [0.1, 0.15) is 5.56 Å². The zero-order valence-electron chi connectivity index (χ0n) is 16.1. The van der Waals surface area contributed by atoms with E-state index in [0.717, 1.165) is 11.1 Å². The first kappa shape index (κ1) is 18.5. The van der Waals surface area contributed by atoms with E-state index in [9.17, 15) is 9.59 Å². The average Bonchev–Trinajstić information content (AvgIpc) is 3.16. The fourth-order valence-corrected chi connectivity index (χ4v) is 3.05. The summed E-state index contributed by atoms with van der Waals surface area (Å²) in [7, 11) is 1.58. The van der Waals surface area contributed by atoms with Gasteiger partial charge < -0.3 is 14.6 Å². The Labute approximate surface area is 167 Å². The van der Waals surface area contributed by atoms with Gasteiger partial charge in [-0.2, -0.15) is 5.10 Å². The van der Waals surface area contributed by atoms with Crippen LogP contribution in [0.2, 0.25) is 0 Å². The second kappa shape index (κ2) is 7.63. The molecule has 0 aliphatic rings. The Morgan fingerprint density at radius 3 is 2.48 bits per heavy atom. The monoisotopic (exact) mass is 388 g/mol. The number of benzene rings is 2. The summed E-state index contributed by atoms with van der Waals surface area (Å²) in [5.41, 5.74) is 3.58. The number of fused-ring (bicyclic) bond motifs is 1. The molecule has 0 aliphatic carbocycles. The average molecular weight is 388 g/mol. The summed E-state index contributed by atoms with van der Waals surface area (Å²) >= 11 is 0. The topological polar surface area (TPSA) is 77.6 Å². The molecule has 0 saturated heterocycles. The number of nitrogens with one attached hydrogen (secondary N) is 1. The van der Waals surface area contributed by atoms with Crippen molar-refractivity contribution in [2.75, 3.05) is 12.4 Å². The lowest BCUT2D eigenvalue weighted by molar-refractivity contribution is -0.116. The van der Waals surface area contributed by atoms with Crippen LogP contribution in [0, 0.1) is 6.92 Å². The van der Waals surface area contributed by atoms with Crippen molar-refractivity contribution in [1.29, 1.82) is 0 Å².